The monoisotopic (exact) mass is 304 g/mol. The van der Waals surface area contributed by atoms with Gasteiger partial charge in [0.1, 0.15) is 22.4 Å². The molecule has 0 aliphatic heterocycles. The largest absolute Gasteiger partial charge is 0.469 e. The van der Waals surface area contributed by atoms with Crippen LogP contribution in [0.3, 0.4) is 0 Å². The number of carbonyl (C=O) groups excluding carboxylic acids is 2. The van der Waals surface area contributed by atoms with Gasteiger partial charge in [0.25, 0.3) is 5.91 Å². The molecule has 0 saturated heterocycles. The van der Waals surface area contributed by atoms with Gasteiger partial charge in [-0.3, -0.25) is 4.79 Å². The number of amides is 1. The van der Waals surface area contributed by atoms with E-state index in [0.717, 1.165) is 0 Å². The van der Waals surface area contributed by atoms with Crippen molar-refractivity contribution >= 4 is 28.2 Å². The molecule has 2 heterocycles. The Morgan fingerprint density at radius 2 is 2.24 bits per heavy atom. The molecule has 2 aromatic rings. The molecular formula is C14H12N2O4S. The number of hydrogen-bond donors (Lipinski definition) is 1. The van der Waals surface area contributed by atoms with Crippen molar-refractivity contribution in [2.24, 2.45) is 0 Å². The molecule has 0 spiro atoms. The van der Waals surface area contributed by atoms with Crippen LogP contribution in [0.15, 0.2) is 28.2 Å². The predicted octanol–water partition coefficient (Wildman–Crippen LogP) is 2.71. The van der Waals surface area contributed by atoms with Gasteiger partial charge in [-0.1, -0.05) is 0 Å². The number of nitriles is 1. The van der Waals surface area contributed by atoms with E-state index >= 15 is 0 Å². The number of aryl methyl sites for hydroxylation is 1. The van der Waals surface area contributed by atoms with Gasteiger partial charge in [-0.15, -0.1) is 11.3 Å². The Balaban J connectivity index is 1.99. The summed E-state index contributed by atoms with van der Waals surface area (Å²) >= 11 is 1.23. The predicted molar refractivity (Wildman–Crippen MR) is 76.0 cm³/mol. The number of anilines is 1. The molecule has 108 valence electrons. The Morgan fingerprint density at radius 3 is 2.86 bits per heavy atom. The van der Waals surface area contributed by atoms with Crippen molar-refractivity contribution in [3.8, 4) is 6.07 Å². The van der Waals surface area contributed by atoms with Crippen LogP contribution < -0.4 is 5.32 Å². The molecule has 6 nitrogen and oxygen atoms in total. The fraction of sp³-hybridized carbons (Fsp3) is 0.214. The molecular weight excluding hydrogens is 292 g/mol. The Morgan fingerprint density at radius 1 is 1.48 bits per heavy atom. The van der Waals surface area contributed by atoms with Gasteiger partial charge in [0.15, 0.2) is 6.10 Å². The first-order valence-electron chi connectivity index (χ1n) is 6.06. The minimum absolute atomic E-state index is 0.281. The lowest BCUT2D eigenvalue weighted by Crippen LogP contribution is -2.30. The maximum Gasteiger partial charge on any atom is 0.342 e. The van der Waals surface area contributed by atoms with Crippen LogP contribution in [0.25, 0.3) is 0 Å². The summed E-state index contributed by atoms with van der Waals surface area (Å²) in [6, 6.07) is 5.05. The number of furan rings is 1. The molecule has 0 radical (unpaired) electrons. The van der Waals surface area contributed by atoms with Gasteiger partial charge < -0.3 is 14.5 Å². The molecule has 0 aliphatic rings. The third-order valence-corrected chi connectivity index (χ3v) is 3.58. The molecule has 0 bridgehead atoms. The summed E-state index contributed by atoms with van der Waals surface area (Å²) in [6.45, 7) is 3.09. The van der Waals surface area contributed by atoms with E-state index in [0.29, 0.717) is 16.3 Å². The summed E-state index contributed by atoms with van der Waals surface area (Å²) in [5.41, 5.74) is 0.654. The van der Waals surface area contributed by atoms with E-state index in [2.05, 4.69) is 5.32 Å². The number of rotatable bonds is 4. The Labute approximate surface area is 124 Å². The molecule has 0 fully saturated rings. The summed E-state index contributed by atoms with van der Waals surface area (Å²) in [4.78, 5) is 23.8. The van der Waals surface area contributed by atoms with Gasteiger partial charge in [0.05, 0.1) is 11.8 Å². The normalized spacial score (nSPS) is 11.5. The number of nitrogens with zero attached hydrogens (tertiary/aromatic N) is 1. The SMILES string of the molecule is Cc1occc1C(=O)OC(C)C(=O)Nc1sccc1C#N. The molecule has 1 N–H and O–H groups in total. The zero-order valence-electron chi connectivity index (χ0n) is 11.4. The Kier molecular flexibility index (Phi) is 4.40. The van der Waals surface area contributed by atoms with Gasteiger partial charge in [-0.25, -0.2) is 4.79 Å². The smallest absolute Gasteiger partial charge is 0.342 e. The van der Waals surface area contributed by atoms with Crippen molar-refractivity contribution in [3.63, 3.8) is 0 Å². The number of hydrogen-bond acceptors (Lipinski definition) is 6. The van der Waals surface area contributed by atoms with E-state index in [9.17, 15) is 9.59 Å². The van der Waals surface area contributed by atoms with Crippen LogP contribution in [0.5, 0.6) is 0 Å². The molecule has 21 heavy (non-hydrogen) atoms. The summed E-state index contributed by atoms with van der Waals surface area (Å²) in [7, 11) is 0. The molecule has 2 rings (SSSR count). The van der Waals surface area contributed by atoms with Crippen LogP contribution in [0.1, 0.15) is 28.6 Å². The zero-order valence-corrected chi connectivity index (χ0v) is 12.2. The fourth-order valence-electron chi connectivity index (χ4n) is 1.58. The molecule has 1 atom stereocenters. The summed E-state index contributed by atoms with van der Waals surface area (Å²) in [6.07, 6.45) is 0.391. The topological polar surface area (TPSA) is 92.3 Å². The van der Waals surface area contributed by atoms with Gasteiger partial charge in [-0.05, 0) is 31.4 Å². The Bertz CT molecular complexity index is 711. The highest BCUT2D eigenvalue weighted by atomic mass is 32.1. The number of nitrogens with one attached hydrogen (secondary N) is 1. The lowest BCUT2D eigenvalue weighted by molar-refractivity contribution is -0.123. The second kappa shape index (κ2) is 6.24. The van der Waals surface area contributed by atoms with Crippen LogP contribution in [0, 0.1) is 18.3 Å². The van der Waals surface area contributed by atoms with E-state index in [1.165, 1.54) is 30.6 Å². The van der Waals surface area contributed by atoms with E-state index in [1.807, 2.05) is 6.07 Å². The van der Waals surface area contributed by atoms with Gasteiger partial charge in [0, 0.05) is 0 Å². The number of thiophene rings is 1. The zero-order chi connectivity index (χ0) is 15.4. The van der Waals surface area contributed by atoms with Crippen molar-refractivity contribution in [1.82, 2.24) is 0 Å². The summed E-state index contributed by atoms with van der Waals surface area (Å²) in [5, 5.41) is 13.6. The van der Waals surface area contributed by atoms with Crippen LogP contribution in [0.2, 0.25) is 0 Å². The minimum atomic E-state index is -0.986. The first-order chi connectivity index (χ1) is 10.0. The van der Waals surface area contributed by atoms with Crippen LogP contribution in [-0.2, 0) is 9.53 Å². The van der Waals surface area contributed by atoms with E-state index in [4.69, 9.17) is 14.4 Å². The lowest BCUT2D eigenvalue weighted by atomic mass is 10.2. The number of esters is 1. The van der Waals surface area contributed by atoms with Crippen molar-refractivity contribution in [1.29, 1.82) is 5.26 Å². The van der Waals surface area contributed by atoms with Gasteiger partial charge >= 0.3 is 5.97 Å². The molecule has 0 saturated carbocycles. The van der Waals surface area contributed by atoms with Crippen LogP contribution in [-0.4, -0.2) is 18.0 Å². The maximum atomic E-state index is 12.0. The highest BCUT2D eigenvalue weighted by molar-refractivity contribution is 7.14. The molecule has 1 unspecified atom stereocenters. The molecule has 0 aromatic carbocycles. The van der Waals surface area contributed by atoms with E-state index < -0.39 is 18.0 Å². The lowest BCUT2D eigenvalue weighted by Gasteiger charge is -2.12. The third kappa shape index (κ3) is 3.30. The van der Waals surface area contributed by atoms with Crippen molar-refractivity contribution in [3.05, 3.63) is 40.7 Å². The number of ether oxygens (including phenoxy) is 1. The van der Waals surface area contributed by atoms with E-state index in [1.54, 1.807) is 18.4 Å². The molecule has 1 amide bonds. The molecule has 2 aromatic heterocycles. The number of carbonyl (C=O) groups is 2. The average Bonchev–Trinajstić information content (AvgIpc) is 3.07. The van der Waals surface area contributed by atoms with Gasteiger partial charge in [-0.2, -0.15) is 5.26 Å². The highest BCUT2D eigenvalue weighted by Crippen LogP contribution is 2.22. The second-order valence-electron chi connectivity index (χ2n) is 4.20. The highest BCUT2D eigenvalue weighted by Gasteiger charge is 2.22. The van der Waals surface area contributed by atoms with Gasteiger partial charge in [0.2, 0.25) is 0 Å². The molecule has 0 aliphatic carbocycles. The quantitative estimate of drug-likeness (QED) is 0.877. The van der Waals surface area contributed by atoms with Crippen molar-refractivity contribution < 1.29 is 18.7 Å². The first-order valence-corrected chi connectivity index (χ1v) is 6.94. The Hall–Kier alpha value is -2.59. The molecule has 7 heteroatoms. The fourth-order valence-corrected chi connectivity index (χ4v) is 2.32. The first kappa shape index (κ1) is 14.8. The second-order valence-corrected chi connectivity index (χ2v) is 5.12. The average molecular weight is 304 g/mol. The third-order valence-electron chi connectivity index (χ3n) is 2.75. The minimum Gasteiger partial charge on any atom is -0.469 e. The van der Waals surface area contributed by atoms with E-state index in [-0.39, 0.29) is 5.56 Å². The summed E-state index contributed by atoms with van der Waals surface area (Å²) in [5.74, 6) is -0.698. The van der Waals surface area contributed by atoms with Crippen molar-refractivity contribution in [2.45, 2.75) is 20.0 Å². The standard InChI is InChI=1S/C14H12N2O4S/c1-8-11(3-5-19-8)14(18)20-9(2)12(17)16-13-10(7-15)4-6-21-13/h3-6,9H,1-2H3,(H,16,17). The summed E-state index contributed by atoms with van der Waals surface area (Å²) < 4.78 is 10.1. The van der Waals surface area contributed by atoms with Crippen LogP contribution >= 0.6 is 11.3 Å². The van der Waals surface area contributed by atoms with Crippen LogP contribution in [0.4, 0.5) is 5.00 Å². The van der Waals surface area contributed by atoms with Crippen molar-refractivity contribution in [2.75, 3.05) is 5.32 Å². The maximum absolute atomic E-state index is 12.0.